The molecule has 0 spiro atoms. The second-order valence-corrected chi connectivity index (χ2v) is 6.99. The minimum Gasteiger partial charge on any atom is -0.470 e. The lowest BCUT2D eigenvalue weighted by Crippen LogP contribution is -2.08. The molecule has 1 aliphatic carbocycles. The molecule has 2 aromatic heterocycles. The zero-order valence-electron chi connectivity index (χ0n) is 11.0. The van der Waals surface area contributed by atoms with Crippen LogP contribution in [0.3, 0.4) is 0 Å². The third-order valence-corrected chi connectivity index (χ3v) is 4.38. The first-order chi connectivity index (χ1) is 9.63. The maximum Gasteiger partial charge on any atom is 0.294 e. The van der Waals surface area contributed by atoms with Gasteiger partial charge in [0.2, 0.25) is 5.88 Å². The summed E-state index contributed by atoms with van der Waals surface area (Å²) in [6.07, 6.45) is 2.46. The summed E-state index contributed by atoms with van der Waals surface area (Å²) in [7, 11) is 0. The smallest absolute Gasteiger partial charge is 0.294 e. The van der Waals surface area contributed by atoms with E-state index in [0.717, 1.165) is 16.2 Å². The van der Waals surface area contributed by atoms with E-state index >= 15 is 0 Å². The molecule has 0 atom stereocenters. The van der Waals surface area contributed by atoms with Crippen molar-refractivity contribution >= 4 is 27.3 Å². The fourth-order valence-corrected chi connectivity index (χ4v) is 2.48. The topological polar surface area (TPSA) is 57.1 Å². The number of rotatable bonds is 6. The number of halogens is 1. The van der Waals surface area contributed by atoms with Crippen LogP contribution in [0.2, 0.25) is 0 Å². The molecule has 0 unspecified atom stereocenters. The Labute approximate surface area is 129 Å². The number of hydrogen-bond donors (Lipinski definition) is 0. The van der Waals surface area contributed by atoms with Gasteiger partial charge in [-0.15, -0.1) is 5.10 Å². The van der Waals surface area contributed by atoms with Gasteiger partial charge in [0.25, 0.3) is 5.19 Å². The van der Waals surface area contributed by atoms with Crippen molar-refractivity contribution in [2.45, 2.75) is 26.4 Å². The van der Waals surface area contributed by atoms with E-state index in [2.05, 4.69) is 38.0 Å². The zero-order valence-corrected chi connectivity index (χ0v) is 13.4. The van der Waals surface area contributed by atoms with Crippen LogP contribution in [0.15, 0.2) is 22.8 Å². The molecule has 7 heteroatoms. The largest absolute Gasteiger partial charge is 0.470 e. The summed E-state index contributed by atoms with van der Waals surface area (Å²) < 4.78 is 12.0. The predicted octanol–water partition coefficient (Wildman–Crippen LogP) is 3.45. The van der Waals surface area contributed by atoms with Crippen LogP contribution in [0.5, 0.6) is 11.1 Å². The van der Waals surface area contributed by atoms with E-state index in [1.165, 1.54) is 24.2 Å². The van der Waals surface area contributed by atoms with Crippen molar-refractivity contribution in [3.63, 3.8) is 0 Å². The average Bonchev–Trinajstić information content (AvgIpc) is 3.00. The van der Waals surface area contributed by atoms with Crippen molar-refractivity contribution in [3.8, 4) is 11.1 Å². The summed E-state index contributed by atoms with van der Waals surface area (Å²) in [4.78, 5) is 4.19. The molecular weight excluding hydrogens is 342 g/mol. The second kappa shape index (κ2) is 5.65. The summed E-state index contributed by atoms with van der Waals surface area (Å²) >= 11 is 4.72. The van der Waals surface area contributed by atoms with Crippen molar-refractivity contribution in [1.82, 2.24) is 15.2 Å². The van der Waals surface area contributed by atoms with Gasteiger partial charge in [-0.1, -0.05) is 29.4 Å². The Morgan fingerprint density at radius 1 is 1.30 bits per heavy atom. The molecule has 0 aliphatic heterocycles. The Kier molecular flexibility index (Phi) is 3.89. The van der Waals surface area contributed by atoms with Crippen molar-refractivity contribution in [1.29, 1.82) is 0 Å². The lowest BCUT2D eigenvalue weighted by Gasteiger charge is -2.06. The van der Waals surface area contributed by atoms with Crippen LogP contribution in [-0.2, 0) is 6.61 Å². The summed E-state index contributed by atoms with van der Waals surface area (Å²) in [5, 5.41) is 9.46. The molecule has 1 fully saturated rings. The number of ether oxygens (including phenoxy) is 2. The van der Waals surface area contributed by atoms with E-state index in [9.17, 15) is 0 Å². The molecule has 1 aliphatic rings. The summed E-state index contributed by atoms with van der Waals surface area (Å²) in [5.74, 6) is 0.558. The molecule has 5 nitrogen and oxygen atoms in total. The van der Waals surface area contributed by atoms with Crippen molar-refractivity contribution in [2.75, 3.05) is 6.61 Å². The molecule has 3 rings (SSSR count). The first kappa shape index (κ1) is 13.8. The fraction of sp³-hybridized carbons (Fsp3) is 0.462. The third-order valence-electron chi connectivity index (χ3n) is 3.13. The van der Waals surface area contributed by atoms with Crippen LogP contribution < -0.4 is 9.47 Å². The van der Waals surface area contributed by atoms with E-state index in [1.54, 1.807) is 6.07 Å². The number of nitrogens with zero attached hydrogens (tertiary/aromatic N) is 3. The molecule has 2 aromatic rings. The first-order valence-electron chi connectivity index (χ1n) is 6.34. The highest BCUT2D eigenvalue weighted by Crippen LogP contribution is 2.45. The Bertz CT molecular complexity index is 601. The van der Waals surface area contributed by atoms with Gasteiger partial charge < -0.3 is 9.47 Å². The molecule has 0 radical (unpaired) electrons. The summed E-state index contributed by atoms with van der Waals surface area (Å²) in [6, 6.07) is 5.52. The van der Waals surface area contributed by atoms with Gasteiger partial charge in [-0.25, -0.2) is 4.98 Å². The quantitative estimate of drug-likeness (QED) is 0.742. The van der Waals surface area contributed by atoms with Crippen LogP contribution in [0.1, 0.15) is 24.8 Å². The molecule has 1 saturated carbocycles. The van der Waals surface area contributed by atoms with Crippen molar-refractivity contribution in [3.05, 3.63) is 27.8 Å². The van der Waals surface area contributed by atoms with E-state index in [1.807, 2.05) is 12.1 Å². The average molecular weight is 356 g/mol. The molecule has 0 aromatic carbocycles. The van der Waals surface area contributed by atoms with Crippen LogP contribution in [0, 0.1) is 5.41 Å². The first-order valence-corrected chi connectivity index (χ1v) is 7.94. The SMILES string of the molecule is CC1(COc2nnc(COc3cccc(Br)n3)s2)CC1. The van der Waals surface area contributed by atoms with Crippen LogP contribution in [0.25, 0.3) is 0 Å². The molecule has 0 amide bonds. The lowest BCUT2D eigenvalue weighted by atomic mass is 10.2. The highest BCUT2D eigenvalue weighted by molar-refractivity contribution is 9.10. The lowest BCUT2D eigenvalue weighted by molar-refractivity contribution is 0.244. The minimum absolute atomic E-state index is 0.349. The molecule has 0 saturated heterocycles. The molecule has 20 heavy (non-hydrogen) atoms. The van der Waals surface area contributed by atoms with Crippen LogP contribution in [0.4, 0.5) is 0 Å². The van der Waals surface area contributed by atoms with Gasteiger partial charge in [-0.3, -0.25) is 0 Å². The normalized spacial score (nSPS) is 15.9. The molecule has 106 valence electrons. The van der Waals surface area contributed by atoms with Gasteiger partial charge >= 0.3 is 0 Å². The van der Waals surface area contributed by atoms with E-state index < -0.39 is 0 Å². The monoisotopic (exact) mass is 355 g/mol. The fourth-order valence-electron chi connectivity index (χ4n) is 1.55. The summed E-state index contributed by atoms with van der Waals surface area (Å²) in [5.41, 5.74) is 0.350. The zero-order chi connectivity index (χ0) is 14.0. The predicted molar refractivity (Wildman–Crippen MR) is 79.0 cm³/mol. The molecule has 0 bridgehead atoms. The van der Waals surface area contributed by atoms with E-state index in [-0.39, 0.29) is 0 Å². The van der Waals surface area contributed by atoms with E-state index in [4.69, 9.17) is 9.47 Å². The van der Waals surface area contributed by atoms with Gasteiger partial charge in [0, 0.05) is 11.5 Å². The van der Waals surface area contributed by atoms with Crippen LogP contribution >= 0.6 is 27.3 Å². The molecular formula is C13H14BrN3O2S. The number of aromatic nitrogens is 3. The highest BCUT2D eigenvalue weighted by atomic mass is 79.9. The molecule has 2 heterocycles. The van der Waals surface area contributed by atoms with Crippen molar-refractivity contribution in [2.24, 2.45) is 5.41 Å². The second-order valence-electron chi connectivity index (χ2n) is 5.15. The van der Waals surface area contributed by atoms with E-state index in [0.29, 0.717) is 23.1 Å². The Balaban J connectivity index is 1.51. The summed E-state index contributed by atoms with van der Waals surface area (Å²) in [6.45, 7) is 3.29. The van der Waals surface area contributed by atoms with Gasteiger partial charge in [-0.05, 0) is 34.8 Å². The van der Waals surface area contributed by atoms with Gasteiger partial charge in [-0.2, -0.15) is 0 Å². The number of hydrogen-bond acceptors (Lipinski definition) is 6. The standard InChI is InChI=1S/C13H14BrN3O2S/c1-13(5-6-13)8-19-12-17-16-11(20-12)7-18-10-4-2-3-9(14)15-10/h2-4H,5-8H2,1H3. The van der Waals surface area contributed by atoms with Crippen LogP contribution in [-0.4, -0.2) is 21.8 Å². The number of pyridine rings is 1. The molecule has 0 N–H and O–H groups in total. The maximum absolute atomic E-state index is 5.65. The Hall–Kier alpha value is -1.21. The highest BCUT2D eigenvalue weighted by Gasteiger charge is 2.38. The van der Waals surface area contributed by atoms with Gasteiger partial charge in [0.1, 0.15) is 11.2 Å². The Morgan fingerprint density at radius 2 is 2.15 bits per heavy atom. The van der Waals surface area contributed by atoms with Gasteiger partial charge in [0.15, 0.2) is 5.01 Å². The van der Waals surface area contributed by atoms with Crippen molar-refractivity contribution < 1.29 is 9.47 Å². The Morgan fingerprint density at radius 3 is 2.90 bits per heavy atom. The maximum atomic E-state index is 5.65. The third kappa shape index (κ3) is 3.67. The van der Waals surface area contributed by atoms with Gasteiger partial charge in [0.05, 0.1) is 6.61 Å². The minimum atomic E-state index is 0.349.